The molecule has 2 heterocycles. The highest BCUT2D eigenvalue weighted by Gasteiger charge is 2.15. The van der Waals surface area contributed by atoms with Crippen LogP contribution in [0.4, 0.5) is 5.95 Å². The molecule has 0 unspecified atom stereocenters. The lowest BCUT2D eigenvalue weighted by Gasteiger charge is -2.05. The molecule has 31 heavy (non-hydrogen) atoms. The van der Waals surface area contributed by atoms with Gasteiger partial charge in [-0.3, -0.25) is 10.1 Å². The molecule has 0 saturated heterocycles. The smallest absolute Gasteiger partial charge is 0.258 e. The molecule has 5 aromatic rings. The van der Waals surface area contributed by atoms with Crippen LogP contribution >= 0.6 is 11.3 Å². The van der Waals surface area contributed by atoms with Crippen LogP contribution in [-0.2, 0) is 0 Å². The fourth-order valence-corrected chi connectivity index (χ4v) is 4.46. The Hall–Kier alpha value is -3.77. The number of carbonyl (C=O) groups excluding carboxylic acids is 1. The summed E-state index contributed by atoms with van der Waals surface area (Å²) >= 11 is 1.50. The first-order chi connectivity index (χ1) is 15.1. The monoisotopic (exact) mass is 424 g/mol. The molecule has 0 aliphatic rings. The van der Waals surface area contributed by atoms with Gasteiger partial charge in [0.05, 0.1) is 5.69 Å². The predicted molar refractivity (Wildman–Crippen MR) is 126 cm³/mol. The first-order valence-electron chi connectivity index (χ1n) is 9.97. The topological polar surface area (TPSA) is 59.3 Å². The first kappa shape index (κ1) is 19.2. The van der Waals surface area contributed by atoms with Crippen LogP contribution in [-0.4, -0.2) is 20.5 Å². The molecule has 3 aromatic carbocycles. The van der Waals surface area contributed by atoms with Crippen molar-refractivity contribution in [3.63, 3.8) is 0 Å². The Balaban J connectivity index is 1.38. The van der Waals surface area contributed by atoms with Gasteiger partial charge in [-0.1, -0.05) is 66.2 Å². The summed E-state index contributed by atoms with van der Waals surface area (Å²) in [6.45, 7) is 4.17. The van der Waals surface area contributed by atoms with Crippen molar-refractivity contribution >= 4 is 28.2 Å². The van der Waals surface area contributed by atoms with Gasteiger partial charge >= 0.3 is 0 Å². The van der Waals surface area contributed by atoms with Crippen LogP contribution in [0.15, 0.2) is 78.2 Å². The van der Waals surface area contributed by atoms with Gasteiger partial charge in [0.1, 0.15) is 0 Å². The second kappa shape index (κ2) is 7.81. The van der Waals surface area contributed by atoms with Gasteiger partial charge in [-0.15, -0.1) is 16.4 Å². The van der Waals surface area contributed by atoms with E-state index in [0.29, 0.717) is 11.5 Å². The van der Waals surface area contributed by atoms with E-state index < -0.39 is 0 Å². The van der Waals surface area contributed by atoms with E-state index in [1.807, 2.05) is 60.0 Å². The van der Waals surface area contributed by atoms with Gasteiger partial charge in [0.25, 0.3) is 11.9 Å². The Bertz CT molecular complexity index is 1380. The molecule has 5 nitrogen and oxygen atoms in total. The maximum atomic E-state index is 12.7. The summed E-state index contributed by atoms with van der Waals surface area (Å²) in [6.07, 6.45) is 0. The number of anilines is 1. The van der Waals surface area contributed by atoms with Crippen molar-refractivity contribution in [1.82, 2.24) is 14.6 Å². The molecule has 1 amide bonds. The summed E-state index contributed by atoms with van der Waals surface area (Å²) in [7, 11) is 0. The number of amides is 1. The zero-order valence-corrected chi connectivity index (χ0v) is 18.0. The number of nitrogens with one attached hydrogen (secondary N) is 1. The number of hydrogen-bond donors (Lipinski definition) is 1. The molecule has 2 aromatic heterocycles. The van der Waals surface area contributed by atoms with Crippen LogP contribution in [0.1, 0.15) is 21.5 Å². The molecular weight excluding hydrogens is 404 g/mol. The number of hydrogen-bond acceptors (Lipinski definition) is 4. The van der Waals surface area contributed by atoms with Crippen LogP contribution in [0.3, 0.4) is 0 Å². The van der Waals surface area contributed by atoms with E-state index in [1.165, 1.54) is 22.5 Å². The van der Waals surface area contributed by atoms with Gasteiger partial charge in [0, 0.05) is 16.5 Å². The largest absolute Gasteiger partial charge is 0.289 e. The lowest BCUT2D eigenvalue weighted by molar-refractivity contribution is 0.102. The highest BCUT2D eigenvalue weighted by molar-refractivity contribution is 7.15. The quantitative estimate of drug-likeness (QED) is 0.385. The summed E-state index contributed by atoms with van der Waals surface area (Å²) in [5.74, 6) is 0.0703. The summed E-state index contributed by atoms with van der Waals surface area (Å²) in [4.78, 5) is 17.9. The minimum atomic E-state index is -0.231. The molecular formula is C25H20N4OS. The second-order valence-corrected chi connectivity index (χ2v) is 8.30. The zero-order chi connectivity index (χ0) is 21.4. The van der Waals surface area contributed by atoms with Gasteiger partial charge in [-0.25, -0.2) is 4.52 Å². The van der Waals surface area contributed by atoms with Gasteiger partial charge in [0.2, 0.25) is 4.96 Å². The van der Waals surface area contributed by atoms with Gasteiger partial charge in [-0.05, 0) is 42.7 Å². The molecule has 0 bridgehead atoms. The van der Waals surface area contributed by atoms with Gasteiger partial charge < -0.3 is 0 Å². The molecule has 0 radical (unpaired) electrons. The molecule has 0 fully saturated rings. The van der Waals surface area contributed by atoms with E-state index in [9.17, 15) is 4.79 Å². The molecule has 152 valence electrons. The Morgan fingerprint density at radius 2 is 1.68 bits per heavy atom. The van der Waals surface area contributed by atoms with Gasteiger partial charge in [-0.2, -0.15) is 4.98 Å². The maximum Gasteiger partial charge on any atom is 0.258 e. The number of rotatable bonds is 4. The number of thiazole rings is 1. The normalized spacial score (nSPS) is 11.0. The summed E-state index contributed by atoms with van der Waals surface area (Å²) in [5.41, 5.74) is 7.22. The fraction of sp³-hybridized carbons (Fsp3) is 0.0800. The molecule has 0 spiro atoms. The molecule has 0 atom stereocenters. The molecule has 5 rings (SSSR count). The van der Waals surface area contributed by atoms with Crippen LogP contribution in [0, 0.1) is 13.8 Å². The Morgan fingerprint density at radius 1 is 0.935 bits per heavy atom. The Kier molecular flexibility index (Phi) is 4.84. The molecule has 6 heteroatoms. The lowest BCUT2D eigenvalue weighted by Crippen LogP contribution is -2.13. The predicted octanol–water partition coefficient (Wildman–Crippen LogP) is 5.99. The van der Waals surface area contributed by atoms with Crippen LogP contribution in [0.5, 0.6) is 0 Å². The summed E-state index contributed by atoms with van der Waals surface area (Å²) in [5, 5.41) is 9.39. The fourth-order valence-electron chi connectivity index (χ4n) is 3.64. The van der Waals surface area contributed by atoms with E-state index in [0.717, 1.165) is 27.3 Å². The number of aromatic nitrogens is 3. The first-order valence-corrected chi connectivity index (χ1v) is 10.9. The Morgan fingerprint density at radius 3 is 2.42 bits per heavy atom. The maximum absolute atomic E-state index is 12.7. The van der Waals surface area contributed by atoms with Crippen molar-refractivity contribution in [3.05, 3.63) is 94.9 Å². The third kappa shape index (κ3) is 3.73. The average Bonchev–Trinajstić information content (AvgIpc) is 3.35. The highest BCUT2D eigenvalue weighted by Crippen LogP contribution is 2.29. The van der Waals surface area contributed by atoms with Crippen molar-refractivity contribution in [2.45, 2.75) is 13.8 Å². The number of carbonyl (C=O) groups is 1. The Labute approximate surface area is 184 Å². The van der Waals surface area contributed by atoms with Crippen molar-refractivity contribution < 1.29 is 4.79 Å². The van der Waals surface area contributed by atoms with E-state index in [1.54, 1.807) is 4.52 Å². The van der Waals surface area contributed by atoms with Crippen molar-refractivity contribution in [2.24, 2.45) is 0 Å². The minimum Gasteiger partial charge on any atom is -0.289 e. The second-order valence-electron chi connectivity index (χ2n) is 7.47. The van der Waals surface area contributed by atoms with E-state index in [4.69, 9.17) is 0 Å². The molecule has 0 aliphatic carbocycles. The lowest BCUT2D eigenvalue weighted by atomic mass is 10.0. The number of fused-ring (bicyclic) bond motifs is 1. The van der Waals surface area contributed by atoms with Crippen molar-refractivity contribution in [2.75, 3.05) is 5.32 Å². The van der Waals surface area contributed by atoms with E-state index in [-0.39, 0.29) is 5.91 Å². The average molecular weight is 425 g/mol. The summed E-state index contributed by atoms with van der Waals surface area (Å²) < 4.78 is 1.79. The third-order valence-corrected chi connectivity index (χ3v) is 6.04. The van der Waals surface area contributed by atoms with Crippen molar-refractivity contribution in [1.29, 1.82) is 0 Å². The molecule has 0 aliphatic heterocycles. The number of nitrogens with zero attached hydrogens (tertiary/aromatic N) is 3. The number of aryl methyl sites for hydroxylation is 2. The third-order valence-electron chi connectivity index (χ3n) is 5.22. The van der Waals surface area contributed by atoms with Crippen molar-refractivity contribution in [3.8, 4) is 22.4 Å². The standard InChI is InChI=1S/C25H20N4OS/c1-16-8-13-21(17(2)14-16)22-15-31-25-27-24(28-29(22)25)26-23(30)20-11-9-19(10-12-20)18-6-4-3-5-7-18/h3-15H,1-2H3,(H,26,28,30). The summed E-state index contributed by atoms with van der Waals surface area (Å²) in [6, 6.07) is 23.9. The SMILES string of the molecule is Cc1ccc(-c2csc3nc(NC(=O)c4ccc(-c5ccccc5)cc4)nn23)c(C)c1. The zero-order valence-electron chi connectivity index (χ0n) is 17.2. The highest BCUT2D eigenvalue weighted by atomic mass is 32.1. The van der Waals surface area contributed by atoms with Crippen LogP contribution in [0.25, 0.3) is 27.3 Å². The number of benzene rings is 3. The molecule has 1 N–H and O–H groups in total. The van der Waals surface area contributed by atoms with Crippen LogP contribution in [0.2, 0.25) is 0 Å². The van der Waals surface area contributed by atoms with E-state index >= 15 is 0 Å². The van der Waals surface area contributed by atoms with Gasteiger partial charge in [0.15, 0.2) is 0 Å². The van der Waals surface area contributed by atoms with E-state index in [2.05, 4.69) is 47.4 Å². The molecule has 0 saturated carbocycles. The minimum absolute atomic E-state index is 0.231. The van der Waals surface area contributed by atoms with Crippen LogP contribution < -0.4 is 5.32 Å².